The molecule has 7 rings (SSSR count). The average molecular weight is 898 g/mol. The van der Waals surface area contributed by atoms with Crippen molar-refractivity contribution in [1.29, 1.82) is 0 Å². The van der Waals surface area contributed by atoms with Crippen LogP contribution >= 0.6 is 0 Å². The molecule has 0 unspecified atom stereocenters. The fourth-order valence-electron chi connectivity index (χ4n) is 7.37. The Labute approximate surface area is 368 Å². The van der Waals surface area contributed by atoms with E-state index in [0.29, 0.717) is 65.4 Å². The van der Waals surface area contributed by atoms with Gasteiger partial charge in [0.2, 0.25) is 27.8 Å². The molecule has 0 atom stereocenters. The zero-order valence-corrected chi connectivity index (χ0v) is 37.4. The van der Waals surface area contributed by atoms with Crippen molar-refractivity contribution in [2.24, 2.45) is 23.8 Å². The molecule has 6 aromatic rings. The summed E-state index contributed by atoms with van der Waals surface area (Å²) in [5, 5.41) is 19.8. The highest BCUT2D eigenvalue weighted by Gasteiger charge is 2.33. The van der Waals surface area contributed by atoms with Crippen LogP contribution in [0.2, 0.25) is 0 Å². The number of likely N-dealkylation sites (tertiary alicyclic amines) is 1. The molecule has 1 saturated heterocycles. The van der Waals surface area contributed by atoms with Gasteiger partial charge in [-0.3, -0.25) is 34.4 Å². The Morgan fingerprint density at radius 2 is 1.50 bits per heavy atom. The maximum atomic E-state index is 13.7. The number of primary amides is 1. The van der Waals surface area contributed by atoms with Crippen molar-refractivity contribution in [1.82, 2.24) is 43.6 Å². The number of aryl methyl sites for hydroxylation is 4. The van der Waals surface area contributed by atoms with Crippen molar-refractivity contribution in [2.45, 2.75) is 78.1 Å². The van der Waals surface area contributed by atoms with Crippen molar-refractivity contribution in [3.8, 4) is 5.75 Å². The van der Waals surface area contributed by atoms with Gasteiger partial charge in [-0.15, -0.1) is 0 Å². The van der Waals surface area contributed by atoms with Crippen molar-refractivity contribution in [2.75, 3.05) is 30.3 Å². The van der Waals surface area contributed by atoms with E-state index in [1.165, 1.54) is 28.9 Å². The number of anilines is 2. The third-order valence-electron chi connectivity index (χ3n) is 10.4. The summed E-state index contributed by atoms with van der Waals surface area (Å²) in [5.41, 5.74) is 8.76. The molecule has 4 amide bonds. The fraction of sp³-hybridized carbons (Fsp3) is 0.381. The lowest BCUT2D eigenvalue weighted by atomic mass is 9.97. The number of imidazole rings is 2. The van der Waals surface area contributed by atoms with Gasteiger partial charge in [-0.2, -0.15) is 10.2 Å². The smallest absolute Gasteiger partial charge is 0.410 e. The van der Waals surface area contributed by atoms with E-state index >= 15 is 0 Å². The minimum atomic E-state index is -4.06. The molecule has 1 fully saturated rings. The molecule has 5 heterocycles. The summed E-state index contributed by atoms with van der Waals surface area (Å²) in [6.07, 6.45) is 3.83. The van der Waals surface area contributed by atoms with Gasteiger partial charge < -0.3 is 29.2 Å². The van der Waals surface area contributed by atoms with Crippen LogP contribution in [0.4, 0.5) is 16.7 Å². The Balaban J connectivity index is 1.20. The number of carbonyl (C=O) groups excluding carboxylic acids is 4. The van der Waals surface area contributed by atoms with Crippen molar-refractivity contribution in [3.05, 3.63) is 83.0 Å². The molecule has 22 heteroatoms. The van der Waals surface area contributed by atoms with E-state index in [4.69, 9.17) is 25.3 Å². The minimum absolute atomic E-state index is 0.120. The second-order valence-corrected chi connectivity index (χ2v) is 18.1. The van der Waals surface area contributed by atoms with Crippen LogP contribution in [0.1, 0.15) is 76.8 Å². The van der Waals surface area contributed by atoms with Gasteiger partial charge in [0.05, 0.1) is 39.4 Å². The number of hydrogen-bond acceptors (Lipinski definition) is 12. The highest BCUT2D eigenvalue weighted by atomic mass is 32.2. The number of ether oxygens (including phenoxy) is 2. The third-order valence-corrected chi connectivity index (χ3v) is 11.3. The third kappa shape index (κ3) is 9.76. The lowest BCUT2D eigenvalue weighted by Crippen LogP contribution is -2.51. The maximum Gasteiger partial charge on any atom is 0.410 e. The van der Waals surface area contributed by atoms with Gasteiger partial charge in [0.25, 0.3) is 11.8 Å². The molecule has 4 aromatic heterocycles. The molecule has 1 aliphatic rings. The Morgan fingerprint density at radius 3 is 2.12 bits per heavy atom. The number of nitrogens with two attached hydrogens (primary N) is 2. The number of nitrogens with one attached hydrogen (secondary N) is 2. The molecular formula is C42H51N13O8S. The number of benzene rings is 2. The molecule has 21 nitrogen and oxygen atoms in total. The Kier molecular flexibility index (Phi) is 12.4. The Hall–Kier alpha value is -7.07. The molecule has 0 radical (unpaired) electrons. The monoisotopic (exact) mass is 897 g/mol. The topological polar surface area (TPSA) is 272 Å². The second kappa shape index (κ2) is 17.6. The van der Waals surface area contributed by atoms with Gasteiger partial charge in [0.15, 0.2) is 0 Å². The number of primary sulfonamides is 1. The first-order valence-electron chi connectivity index (χ1n) is 20.5. The summed E-state index contributed by atoms with van der Waals surface area (Å²) in [6, 6.07) is 10.6. The van der Waals surface area contributed by atoms with Crippen LogP contribution in [0.15, 0.2) is 59.5 Å². The van der Waals surface area contributed by atoms with Crippen LogP contribution in [0.5, 0.6) is 5.75 Å². The van der Waals surface area contributed by atoms with E-state index < -0.39 is 33.3 Å². The zero-order chi connectivity index (χ0) is 46.2. The number of allylic oxidation sites excluding steroid dienone is 2. The van der Waals surface area contributed by atoms with Crippen LogP contribution in [-0.2, 0) is 41.4 Å². The number of rotatable bonds is 15. The van der Waals surface area contributed by atoms with Crippen LogP contribution in [0.25, 0.3) is 22.1 Å². The summed E-state index contributed by atoms with van der Waals surface area (Å²) >= 11 is 0. The molecular weight excluding hydrogens is 847 g/mol. The fourth-order valence-corrected chi connectivity index (χ4v) is 7.90. The largest absolute Gasteiger partial charge is 0.491 e. The van der Waals surface area contributed by atoms with Gasteiger partial charge in [0.1, 0.15) is 28.3 Å². The second-order valence-electron chi connectivity index (χ2n) is 16.5. The first-order chi connectivity index (χ1) is 30.2. The summed E-state index contributed by atoms with van der Waals surface area (Å²) in [5.74, 6) is -0.920. The van der Waals surface area contributed by atoms with Crippen LogP contribution in [0.3, 0.4) is 0 Å². The van der Waals surface area contributed by atoms with E-state index in [0.717, 1.165) is 0 Å². The number of carbonyl (C=O) groups is 4. The first kappa shape index (κ1) is 45.0. The van der Waals surface area contributed by atoms with Crippen LogP contribution in [-0.4, -0.2) is 101 Å². The number of amides is 4. The summed E-state index contributed by atoms with van der Waals surface area (Å²) in [6.45, 7) is 12.8. The van der Waals surface area contributed by atoms with E-state index in [9.17, 15) is 27.6 Å². The quantitative estimate of drug-likeness (QED) is 0.106. The number of sulfonamides is 1. The lowest BCUT2D eigenvalue weighted by molar-refractivity contribution is -0.00383. The van der Waals surface area contributed by atoms with Crippen molar-refractivity contribution in [3.63, 3.8) is 0 Å². The van der Waals surface area contributed by atoms with Crippen molar-refractivity contribution < 1.29 is 37.1 Å². The van der Waals surface area contributed by atoms with E-state index in [2.05, 4.69) is 25.8 Å². The van der Waals surface area contributed by atoms with Gasteiger partial charge in [0, 0.05) is 45.3 Å². The number of nitrogens with zero attached hydrogens (tertiary/aromatic N) is 9. The lowest BCUT2D eigenvalue weighted by Gasteiger charge is -2.39. The van der Waals surface area contributed by atoms with E-state index in [-0.39, 0.29) is 65.3 Å². The van der Waals surface area contributed by atoms with E-state index in [1.807, 2.05) is 33.8 Å². The molecule has 2 aromatic carbocycles. The van der Waals surface area contributed by atoms with Crippen LogP contribution in [0, 0.1) is 19.8 Å². The van der Waals surface area contributed by atoms with Gasteiger partial charge in [-0.1, -0.05) is 12.2 Å². The molecule has 0 spiro atoms. The summed E-state index contributed by atoms with van der Waals surface area (Å²) in [4.78, 5) is 63.1. The van der Waals surface area contributed by atoms with Crippen LogP contribution < -0.4 is 26.2 Å². The minimum Gasteiger partial charge on any atom is -0.491 e. The summed E-state index contributed by atoms with van der Waals surface area (Å²) < 4.78 is 42.7. The highest BCUT2D eigenvalue weighted by Crippen LogP contribution is 2.33. The Bertz CT molecular complexity index is 2950. The molecule has 0 aliphatic carbocycles. The number of fused-ring (bicyclic) bond motifs is 2. The molecule has 1 aliphatic heterocycles. The first-order valence-corrected chi connectivity index (χ1v) is 22.0. The highest BCUT2D eigenvalue weighted by molar-refractivity contribution is 7.89. The average Bonchev–Trinajstić information content (AvgIpc) is 3.94. The zero-order valence-electron chi connectivity index (χ0n) is 36.6. The standard InChI is InChI=1S/C42H51N13O8S/c1-8-55-33(18-25(3)50-55)38(58)48-39-45-29-21-28(64(44,60)61)11-12-31(29)53(39)14-9-10-15-54-35-30(46-40(54)47-37(57)32-17-24(2)49-51(32)7)19-27(36(43)56)20-34(35)62-16-13-26-22-52(23-26)41(59)63-42(4,5)6/h9-12,17-21,26H,8,13-16,22-23H2,1-7H3,(H2,43,56)(H2,44,60,61)(H,45,48,58)(H,46,47,57)/b10-9+. The normalized spacial score (nSPS) is 13.5. The molecule has 0 saturated carbocycles. The maximum absolute atomic E-state index is 13.7. The number of aromatic nitrogens is 8. The van der Waals surface area contributed by atoms with E-state index in [1.54, 1.807) is 63.9 Å². The molecule has 338 valence electrons. The van der Waals surface area contributed by atoms with Gasteiger partial charge in [-0.25, -0.2) is 28.3 Å². The van der Waals surface area contributed by atoms with Gasteiger partial charge >= 0.3 is 6.09 Å². The molecule has 64 heavy (non-hydrogen) atoms. The Morgan fingerprint density at radius 1 is 0.875 bits per heavy atom. The molecule has 0 bridgehead atoms. The van der Waals surface area contributed by atoms with Crippen molar-refractivity contribution >= 4 is 67.8 Å². The number of hydrogen-bond donors (Lipinski definition) is 4. The SMILES string of the molecule is CCn1nc(C)cc1C(=O)Nc1nc2cc(S(N)(=O)=O)ccc2n1C/C=C/Cn1c(NC(=O)c2cc(C)nn2C)nc2cc(C(N)=O)cc(OCCC3CN(C(=O)OC(C)(C)C)C3)c21. The predicted octanol–water partition coefficient (Wildman–Crippen LogP) is 4.10. The summed E-state index contributed by atoms with van der Waals surface area (Å²) in [7, 11) is -2.41. The van der Waals surface area contributed by atoms with Gasteiger partial charge in [-0.05, 0) is 96.3 Å². The molecule has 6 N–H and O–H groups in total. The predicted molar refractivity (Wildman–Crippen MR) is 236 cm³/mol.